The normalized spacial score (nSPS) is 26.9. The zero-order valence-corrected chi connectivity index (χ0v) is 9.04. The lowest BCUT2D eigenvalue weighted by Crippen LogP contribution is -2.30. The van der Waals surface area contributed by atoms with E-state index in [1.54, 1.807) is 13.2 Å². The highest BCUT2D eigenvalue weighted by Crippen LogP contribution is 2.29. The Labute approximate surface area is 85.0 Å². The number of hydrogen-bond acceptors (Lipinski definition) is 3. The molecule has 0 bridgehead atoms. The third-order valence-electron chi connectivity index (χ3n) is 2.41. The Hall–Kier alpha value is -0.800. The fraction of sp³-hybridized carbons (Fsp3) is 0.636. The van der Waals surface area contributed by atoms with Gasteiger partial charge in [-0.15, -0.1) is 0 Å². The molecule has 0 amide bonds. The third kappa shape index (κ3) is 2.36. The van der Waals surface area contributed by atoms with Crippen LogP contribution in [-0.4, -0.2) is 25.1 Å². The molecule has 3 nitrogen and oxygen atoms in total. The first-order valence-corrected chi connectivity index (χ1v) is 4.89. The summed E-state index contributed by atoms with van der Waals surface area (Å²) < 4.78 is 10.2. The lowest BCUT2D eigenvalue weighted by atomic mass is 9.97. The van der Waals surface area contributed by atoms with Gasteiger partial charge in [-0.25, -0.2) is 0 Å². The van der Waals surface area contributed by atoms with Gasteiger partial charge in [0.15, 0.2) is 5.79 Å². The number of hydrogen-bond donors (Lipinski definition) is 1. The van der Waals surface area contributed by atoms with Gasteiger partial charge in [-0.1, -0.05) is 19.4 Å². The third-order valence-corrected chi connectivity index (χ3v) is 2.41. The highest BCUT2D eigenvalue weighted by Gasteiger charge is 2.28. The van der Waals surface area contributed by atoms with Gasteiger partial charge in [0.2, 0.25) is 0 Å². The van der Waals surface area contributed by atoms with E-state index < -0.39 is 5.79 Å². The average Bonchev–Trinajstić information content (AvgIpc) is 2.21. The number of rotatable bonds is 4. The molecule has 1 atom stereocenters. The maximum Gasteiger partial charge on any atom is 0.192 e. The minimum Gasteiger partial charge on any atom is -0.497 e. The van der Waals surface area contributed by atoms with Crippen molar-refractivity contribution in [3.63, 3.8) is 0 Å². The summed E-state index contributed by atoms with van der Waals surface area (Å²) in [6.07, 6.45) is 6.15. The number of allylic oxidation sites excluding steroid dienone is 1. The Morgan fingerprint density at radius 2 is 2.21 bits per heavy atom. The topological polar surface area (TPSA) is 38.7 Å². The van der Waals surface area contributed by atoms with Crippen LogP contribution in [0.15, 0.2) is 23.5 Å². The number of methoxy groups -OCH3 is 2. The van der Waals surface area contributed by atoms with Crippen molar-refractivity contribution in [3.05, 3.63) is 23.5 Å². The van der Waals surface area contributed by atoms with Gasteiger partial charge in [0, 0.05) is 19.6 Å². The SMILES string of the molecule is CCCC1=CCC(O)(OC)C=C1OC. The summed E-state index contributed by atoms with van der Waals surface area (Å²) in [5.74, 6) is -0.467. The molecule has 0 aromatic rings. The van der Waals surface area contributed by atoms with Crippen LogP contribution in [0.4, 0.5) is 0 Å². The average molecular weight is 198 g/mol. The summed E-state index contributed by atoms with van der Waals surface area (Å²) in [5, 5.41) is 9.84. The van der Waals surface area contributed by atoms with E-state index in [2.05, 4.69) is 6.92 Å². The van der Waals surface area contributed by atoms with E-state index in [0.29, 0.717) is 6.42 Å². The Morgan fingerprint density at radius 1 is 1.50 bits per heavy atom. The quantitative estimate of drug-likeness (QED) is 0.702. The molecule has 1 unspecified atom stereocenters. The van der Waals surface area contributed by atoms with Crippen molar-refractivity contribution in [1.82, 2.24) is 0 Å². The summed E-state index contributed by atoms with van der Waals surface area (Å²) in [6.45, 7) is 2.12. The molecule has 0 saturated carbocycles. The molecule has 0 fully saturated rings. The van der Waals surface area contributed by atoms with E-state index in [1.165, 1.54) is 7.11 Å². The molecular weight excluding hydrogens is 180 g/mol. The van der Waals surface area contributed by atoms with Gasteiger partial charge >= 0.3 is 0 Å². The molecule has 0 aliphatic heterocycles. The minimum atomic E-state index is -1.19. The zero-order chi connectivity index (χ0) is 10.6. The van der Waals surface area contributed by atoms with Crippen LogP contribution in [-0.2, 0) is 9.47 Å². The first kappa shape index (κ1) is 11.3. The van der Waals surface area contributed by atoms with Gasteiger partial charge in [0.25, 0.3) is 0 Å². The highest BCUT2D eigenvalue weighted by molar-refractivity contribution is 5.32. The molecule has 1 aliphatic rings. The number of aliphatic hydroxyl groups is 1. The van der Waals surface area contributed by atoms with Gasteiger partial charge in [-0.2, -0.15) is 0 Å². The maximum absolute atomic E-state index is 9.84. The maximum atomic E-state index is 9.84. The molecule has 1 rings (SSSR count). The molecule has 0 saturated heterocycles. The fourth-order valence-electron chi connectivity index (χ4n) is 1.55. The Balaban J connectivity index is 2.82. The van der Waals surface area contributed by atoms with Gasteiger partial charge in [0.1, 0.15) is 5.76 Å². The van der Waals surface area contributed by atoms with Gasteiger partial charge in [0.05, 0.1) is 7.11 Å². The number of ether oxygens (including phenoxy) is 2. The van der Waals surface area contributed by atoms with E-state index in [1.807, 2.05) is 6.08 Å². The largest absolute Gasteiger partial charge is 0.497 e. The van der Waals surface area contributed by atoms with E-state index >= 15 is 0 Å². The molecular formula is C11H18O3. The summed E-state index contributed by atoms with van der Waals surface area (Å²) in [4.78, 5) is 0. The van der Waals surface area contributed by atoms with Gasteiger partial charge in [-0.05, 0) is 12.0 Å². The molecule has 14 heavy (non-hydrogen) atoms. The van der Waals surface area contributed by atoms with Crippen molar-refractivity contribution < 1.29 is 14.6 Å². The van der Waals surface area contributed by atoms with Crippen LogP contribution in [0.2, 0.25) is 0 Å². The summed E-state index contributed by atoms with van der Waals surface area (Å²) in [6, 6.07) is 0. The van der Waals surface area contributed by atoms with Crippen LogP contribution in [0.5, 0.6) is 0 Å². The molecule has 0 heterocycles. The van der Waals surface area contributed by atoms with Crippen molar-refractivity contribution in [2.45, 2.75) is 32.0 Å². The van der Waals surface area contributed by atoms with Crippen molar-refractivity contribution in [2.75, 3.05) is 14.2 Å². The summed E-state index contributed by atoms with van der Waals surface area (Å²) >= 11 is 0. The van der Waals surface area contributed by atoms with Crippen molar-refractivity contribution in [3.8, 4) is 0 Å². The minimum absolute atomic E-state index is 0.492. The Kier molecular flexibility index (Phi) is 3.72. The molecule has 3 heteroatoms. The molecule has 1 aliphatic carbocycles. The second-order valence-corrected chi connectivity index (χ2v) is 3.45. The van der Waals surface area contributed by atoms with Crippen LogP contribution in [0.1, 0.15) is 26.2 Å². The molecule has 0 aromatic carbocycles. The summed E-state index contributed by atoms with van der Waals surface area (Å²) in [7, 11) is 3.10. The fourth-order valence-corrected chi connectivity index (χ4v) is 1.55. The molecule has 0 radical (unpaired) electrons. The lowest BCUT2D eigenvalue weighted by Gasteiger charge is -2.27. The predicted octanol–water partition coefficient (Wildman–Crippen LogP) is 1.98. The molecule has 0 spiro atoms. The molecule has 1 N–H and O–H groups in total. The van der Waals surface area contributed by atoms with Crippen molar-refractivity contribution in [2.24, 2.45) is 0 Å². The standard InChI is InChI=1S/C11H18O3/c1-4-5-9-6-7-11(12,14-3)8-10(9)13-2/h6,8,12H,4-5,7H2,1-3H3. The molecule has 80 valence electrons. The highest BCUT2D eigenvalue weighted by atomic mass is 16.6. The van der Waals surface area contributed by atoms with E-state index in [4.69, 9.17) is 9.47 Å². The Bertz CT molecular complexity index is 255. The van der Waals surface area contributed by atoms with Gasteiger partial charge in [-0.3, -0.25) is 0 Å². The van der Waals surface area contributed by atoms with Crippen LogP contribution in [0, 0.1) is 0 Å². The molecule has 0 aromatic heterocycles. The van der Waals surface area contributed by atoms with E-state index in [9.17, 15) is 5.11 Å². The van der Waals surface area contributed by atoms with Gasteiger partial charge < -0.3 is 14.6 Å². The second kappa shape index (κ2) is 4.62. The zero-order valence-electron chi connectivity index (χ0n) is 9.04. The summed E-state index contributed by atoms with van der Waals surface area (Å²) in [5.41, 5.74) is 1.15. The second-order valence-electron chi connectivity index (χ2n) is 3.45. The van der Waals surface area contributed by atoms with Crippen LogP contribution in [0.3, 0.4) is 0 Å². The predicted molar refractivity (Wildman–Crippen MR) is 54.7 cm³/mol. The van der Waals surface area contributed by atoms with E-state index in [0.717, 1.165) is 24.2 Å². The van der Waals surface area contributed by atoms with Crippen molar-refractivity contribution >= 4 is 0 Å². The Morgan fingerprint density at radius 3 is 2.71 bits per heavy atom. The monoisotopic (exact) mass is 198 g/mol. The lowest BCUT2D eigenvalue weighted by molar-refractivity contribution is -0.145. The van der Waals surface area contributed by atoms with E-state index in [-0.39, 0.29) is 0 Å². The van der Waals surface area contributed by atoms with Crippen LogP contribution < -0.4 is 0 Å². The van der Waals surface area contributed by atoms with Crippen molar-refractivity contribution in [1.29, 1.82) is 0 Å². The first-order chi connectivity index (χ1) is 6.65. The smallest absolute Gasteiger partial charge is 0.192 e. The van der Waals surface area contributed by atoms with Crippen LogP contribution in [0.25, 0.3) is 0 Å². The van der Waals surface area contributed by atoms with Crippen LogP contribution >= 0.6 is 0 Å². The first-order valence-electron chi connectivity index (χ1n) is 4.89.